The van der Waals surface area contributed by atoms with Crippen molar-refractivity contribution < 1.29 is 55.0 Å². The number of amides is 1. The van der Waals surface area contributed by atoms with Gasteiger partial charge in [0.2, 0.25) is 11.6 Å². The van der Waals surface area contributed by atoms with E-state index in [1.54, 1.807) is 25.3 Å². The summed E-state index contributed by atoms with van der Waals surface area (Å²) in [5.41, 5.74) is 3.39. The molecule has 2 aliphatic heterocycles. The van der Waals surface area contributed by atoms with E-state index in [-0.39, 0.29) is 40.2 Å². The smallest absolute Gasteiger partial charge is 0.446 e. The number of anilines is 3. The maximum Gasteiger partial charge on any atom is 0.446 e. The zero-order valence-corrected chi connectivity index (χ0v) is 38.7. The molecule has 6 heterocycles. The number of nitrogen functional groups attached to an aromatic ring is 1. The molecule has 9 rings (SSSR count). The number of fused-ring (bicyclic) bond motifs is 4. The van der Waals surface area contributed by atoms with Crippen LogP contribution in [0.5, 0.6) is 11.5 Å². The number of methoxy groups -OCH3 is 1. The molecule has 1 amide bonds. The Hall–Kier alpha value is -6.20. The fourth-order valence-corrected chi connectivity index (χ4v) is 9.26. The maximum atomic E-state index is 12.8. The largest absolute Gasteiger partial charge is 0.491 e. The number of halogens is 3. The number of aliphatic hydroxyl groups excluding tert-OH is 2. The number of aromatic nitrogens is 7. The Morgan fingerprint density at radius 2 is 1.81 bits per heavy atom. The molecule has 7 N–H and O–H groups in total. The lowest BCUT2D eigenvalue weighted by molar-refractivity contribution is -0.0328. The number of nitrogens with one attached hydrogen (secondary N) is 3. The molecule has 0 radical (unpaired) electrons. The second kappa shape index (κ2) is 21.2. The van der Waals surface area contributed by atoms with Crippen molar-refractivity contribution in [2.45, 2.75) is 54.1 Å². The second-order valence-electron chi connectivity index (χ2n) is 15.8. The molecule has 22 nitrogen and oxygen atoms in total. The van der Waals surface area contributed by atoms with Crippen LogP contribution in [0.25, 0.3) is 27.8 Å². The fraction of sp³-hybridized carbons (Fsp3) is 0.405. The van der Waals surface area contributed by atoms with Gasteiger partial charge in [-0.15, -0.1) is 0 Å². The number of thioether (sulfide) groups is 1. The molecule has 6 aromatic rings. The topological polar surface area (TPSA) is 280 Å². The predicted molar refractivity (Wildman–Crippen MR) is 246 cm³/mol. The lowest BCUT2D eigenvalue weighted by Gasteiger charge is -2.26. The summed E-state index contributed by atoms with van der Waals surface area (Å²) < 4.78 is 88.5. The van der Waals surface area contributed by atoms with E-state index in [0.29, 0.717) is 59.4 Å². The van der Waals surface area contributed by atoms with Crippen LogP contribution >= 0.6 is 11.8 Å². The molecular weight excluding hydrogens is 952 g/mol. The van der Waals surface area contributed by atoms with Crippen LogP contribution in [0.1, 0.15) is 23.2 Å². The number of rotatable bonds is 14. The predicted octanol–water partition coefficient (Wildman–Crippen LogP) is 2.45. The van der Waals surface area contributed by atoms with E-state index in [9.17, 15) is 36.6 Å². The van der Waals surface area contributed by atoms with E-state index in [0.717, 1.165) is 57.6 Å². The van der Waals surface area contributed by atoms with Gasteiger partial charge in [-0.3, -0.25) is 18.4 Å². The van der Waals surface area contributed by atoms with Gasteiger partial charge in [0.1, 0.15) is 23.3 Å². The molecule has 4 aromatic heterocycles. The number of ether oxygens (including phenoxy) is 3. The van der Waals surface area contributed by atoms with Gasteiger partial charge in [0.05, 0.1) is 63.5 Å². The molecule has 4 unspecified atom stereocenters. The molecule has 2 fully saturated rings. The number of nitrogens with zero attached hydrogens (tertiary/aromatic N) is 9. The van der Waals surface area contributed by atoms with Crippen molar-refractivity contribution in [3.63, 3.8) is 0 Å². The second-order valence-corrected chi connectivity index (χ2v) is 18.4. The minimum atomic E-state index is -4.42. The van der Waals surface area contributed by atoms with Gasteiger partial charge in [-0.25, -0.2) is 19.9 Å². The molecule has 4 atom stereocenters. The first-order valence-corrected chi connectivity index (χ1v) is 23.7. The van der Waals surface area contributed by atoms with Gasteiger partial charge in [0.25, 0.3) is 5.91 Å². The van der Waals surface area contributed by atoms with Crippen LogP contribution in [-0.4, -0.2) is 154 Å². The first-order valence-electron chi connectivity index (χ1n) is 21.5. The highest BCUT2D eigenvalue weighted by Gasteiger charge is 2.43. The van der Waals surface area contributed by atoms with E-state index in [2.05, 4.69) is 49.5 Å². The Morgan fingerprint density at radius 3 is 2.55 bits per heavy atom. The monoisotopic (exact) mass is 999 g/mol. The van der Waals surface area contributed by atoms with Crippen molar-refractivity contribution in [2.75, 3.05) is 76.6 Å². The van der Waals surface area contributed by atoms with Crippen LogP contribution in [0.3, 0.4) is 0 Å². The zero-order chi connectivity index (χ0) is 48.9. The van der Waals surface area contributed by atoms with Gasteiger partial charge in [-0.2, -0.15) is 40.9 Å². The molecule has 69 heavy (non-hydrogen) atoms. The third-order valence-electron chi connectivity index (χ3n) is 11.3. The number of nitrogens with two attached hydrogens (primary N) is 1. The standard InChI is InChI=1S/C23H28N8O4.C19H20F3N5O5S2/c1-33-19-17(35-10-2-6-30-8-11-34-12-9-30)4-3-16-18(19)28-23(31-7-5-25-20(16)31)29-21(32)15-13-26-22(24)27-14-15;1-32-34(30,31)26-14-8-13(17(28)18(14)29)24-15-5-6-23-16-9-12(25-27(15)16)10-3-2-4-11(7-10)33-19(20,21)22/h3-4,13-14,25H,2,5-12H2,1H3,(H2,24,26,27);2-7,9,13-14,17-18,24,26,28-29H,8H2,1H3. The summed E-state index contributed by atoms with van der Waals surface area (Å²) in [5.74, 6) is 1.89. The Balaban J connectivity index is 0.000000186. The van der Waals surface area contributed by atoms with Gasteiger partial charge in [0, 0.05) is 73.2 Å². The number of carbonyl (C=O) groups excluding carboxylic acids is 1. The van der Waals surface area contributed by atoms with Crippen LogP contribution < -0.4 is 36.2 Å². The van der Waals surface area contributed by atoms with E-state index in [1.165, 1.54) is 41.3 Å². The van der Waals surface area contributed by atoms with Crippen LogP contribution in [0.15, 0.2) is 77.0 Å². The van der Waals surface area contributed by atoms with Crippen molar-refractivity contribution in [1.29, 1.82) is 0 Å². The average Bonchev–Trinajstić information content (AvgIpc) is 4.07. The van der Waals surface area contributed by atoms with Crippen molar-refractivity contribution in [3.05, 3.63) is 78.3 Å². The minimum absolute atomic E-state index is 0.0148. The molecular formula is C42H48F3N13O9S2. The molecule has 1 aliphatic carbocycles. The number of morpholine rings is 1. The van der Waals surface area contributed by atoms with E-state index in [4.69, 9.17) is 24.9 Å². The number of hydrogen-bond donors (Lipinski definition) is 6. The van der Waals surface area contributed by atoms with Gasteiger partial charge in [-0.1, -0.05) is 12.1 Å². The SMILES string of the molecule is COS(=O)(=O)NC1CC(Nc2ccnc3cc(-c4cccc(SC(F)(F)F)c4)nn23)C(O)C1O.COc1c(OCCCN2CCOCC2)ccc2c3n(c(=NC(=O)c4cnc(N)nc4)nc12)CCN3. The van der Waals surface area contributed by atoms with Crippen LogP contribution in [0.4, 0.5) is 30.8 Å². The summed E-state index contributed by atoms with van der Waals surface area (Å²) in [5, 5.41) is 32.3. The number of aliphatic hydroxyl groups is 2. The Kier molecular flexibility index (Phi) is 15.1. The maximum absolute atomic E-state index is 12.8. The summed E-state index contributed by atoms with van der Waals surface area (Å²) in [4.78, 5) is 36.0. The number of benzene rings is 2. The lowest BCUT2D eigenvalue weighted by Crippen LogP contribution is -2.43. The Morgan fingerprint density at radius 1 is 1.04 bits per heavy atom. The van der Waals surface area contributed by atoms with Gasteiger partial charge >= 0.3 is 15.8 Å². The average molecular weight is 1000 g/mol. The zero-order valence-electron chi connectivity index (χ0n) is 37.0. The first kappa shape index (κ1) is 49.2. The van der Waals surface area contributed by atoms with Crippen LogP contribution in [-0.2, 0) is 25.8 Å². The van der Waals surface area contributed by atoms with Gasteiger partial charge in [-0.05, 0) is 54.9 Å². The third-order valence-corrected chi connectivity index (χ3v) is 13.0. The van der Waals surface area contributed by atoms with Crippen molar-refractivity contribution in [3.8, 4) is 22.8 Å². The van der Waals surface area contributed by atoms with E-state index in [1.807, 2.05) is 16.7 Å². The molecule has 0 bridgehead atoms. The quantitative estimate of drug-likeness (QED) is 0.0675. The summed E-state index contributed by atoms with van der Waals surface area (Å²) in [6.45, 7) is 6.29. The molecule has 0 spiro atoms. The highest BCUT2D eigenvalue weighted by Crippen LogP contribution is 2.39. The number of carbonyl (C=O) groups is 1. The van der Waals surface area contributed by atoms with E-state index < -0.39 is 46.0 Å². The summed E-state index contributed by atoms with van der Waals surface area (Å²) in [7, 11) is -1.53. The van der Waals surface area contributed by atoms with Gasteiger partial charge in [0.15, 0.2) is 17.1 Å². The van der Waals surface area contributed by atoms with Crippen molar-refractivity contribution in [1.82, 2.24) is 43.7 Å². The summed E-state index contributed by atoms with van der Waals surface area (Å²) in [6.07, 6.45) is 2.40. The summed E-state index contributed by atoms with van der Waals surface area (Å²) >= 11 is -0.225. The van der Waals surface area contributed by atoms with Crippen molar-refractivity contribution >= 4 is 62.1 Å². The van der Waals surface area contributed by atoms with Gasteiger partial charge < -0.3 is 40.8 Å². The summed E-state index contributed by atoms with van der Waals surface area (Å²) in [6, 6.07) is 11.1. The molecule has 3 aliphatic rings. The molecule has 1 saturated heterocycles. The van der Waals surface area contributed by atoms with Crippen LogP contribution in [0, 0.1) is 0 Å². The Labute approximate surface area is 396 Å². The fourth-order valence-electron chi connectivity index (χ4n) is 7.96. The van der Waals surface area contributed by atoms with Crippen molar-refractivity contribution in [2.24, 2.45) is 4.99 Å². The van der Waals surface area contributed by atoms with E-state index >= 15 is 0 Å². The third kappa shape index (κ3) is 11.8. The molecule has 27 heteroatoms. The molecule has 368 valence electrons. The molecule has 2 aromatic carbocycles. The highest BCUT2D eigenvalue weighted by molar-refractivity contribution is 8.00. The molecule has 1 saturated carbocycles. The lowest BCUT2D eigenvalue weighted by atomic mass is 10.1. The first-order chi connectivity index (χ1) is 33.1. The normalized spacial score (nSPS) is 19.8. The van der Waals surface area contributed by atoms with Crippen LogP contribution in [0.2, 0.25) is 0 Å². The number of alkyl halides is 3. The Bertz CT molecular complexity index is 2980. The highest BCUT2D eigenvalue weighted by atomic mass is 32.2. The minimum Gasteiger partial charge on any atom is -0.491 e. The number of hydrogen-bond acceptors (Lipinski definition) is 19.